The molecule has 0 spiro atoms. The topological polar surface area (TPSA) is 46.3 Å². The second-order valence-corrected chi connectivity index (χ2v) is 4.87. The molecule has 0 unspecified atom stereocenters. The first-order chi connectivity index (χ1) is 9.24. The molecule has 3 heteroatoms. The van der Waals surface area contributed by atoms with Crippen molar-refractivity contribution in [3.8, 4) is 0 Å². The molecule has 3 rings (SSSR count). The minimum atomic E-state index is 0.100. The molecule has 2 N–H and O–H groups in total. The number of nitrogens with zero attached hydrogens (tertiary/aromatic N) is 1. The van der Waals surface area contributed by atoms with E-state index in [1.165, 1.54) is 11.1 Å². The molecule has 0 aromatic heterocycles. The highest BCUT2D eigenvalue weighted by Gasteiger charge is 2.21. The van der Waals surface area contributed by atoms with Crippen LogP contribution < -0.4 is 5.73 Å². The van der Waals surface area contributed by atoms with Crippen molar-refractivity contribution in [2.75, 3.05) is 12.3 Å². The minimum absolute atomic E-state index is 0.100. The summed E-state index contributed by atoms with van der Waals surface area (Å²) in [6.07, 6.45) is 0.874. The van der Waals surface area contributed by atoms with E-state index >= 15 is 0 Å². The number of carbonyl (C=O) groups excluding carboxylic acids is 1. The largest absolute Gasteiger partial charge is 0.399 e. The first-order valence-corrected chi connectivity index (χ1v) is 6.45. The molecule has 1 amide bonds. The number of benzene rings is 2. The van der Waals surface area contributed by atoms with Crippen LogP contribution in [-0.4, -0.2) is 17.4 Å². The van der Waals surface area contributed by atoms with Gasteiger partial charge in [-0.25, -0.2) is 0 Å². The molecule has 0 aliphatic carbocycles. The normalized spacial score (nSPS) is 14.0. The number of hydrogen-bond acceptors (Lipinski definition) is 2. The van der Waals surface area contributed by atoms with Crippen molar-refractivity contribution in [2.45, 2.75) is 13.0 Å². The summed E-state index contributed by atoms with van der Waals surface area (Å²) in [6, 6.07) is 15.4. The van der Waals surface area contributed by atoms with Gasteiger partial charge in [0, 0.05) is 24.3 Å². The summed E-state index contributed by atoms with van der Waals surface area (Å²) in [5.74, 6) is 0.100. The van der Waals surface area contributed by atoms with Gasteiger partial charge in [0.25, 0.3) is 5.91 Å². The summed E-state index contributed by atoms with van der Waals surface area (Å²) < 4.78 is 0. The Hall–Kier alpha value is -2.29. The molecule has 1 aliphatic rings. The number of hydrogen-bond donors (Lipinski definition) is 1. The first-order valence-electron chi connectivity index (χ1n) is 6.45. The zero-order valence-electron chi connectivity index (χ0n) is 10.7. The highest BCUT2D eigenvalue weighted by molar-refractivity contribution is 5.94. The molecule has 19 heavy (non-hydrogen) atoms. The standard InChI is InChI=1S/C16H16N2O/c17-15-7-6-14-11-18(9-8-13(14)10-15)16(19)12-4-2-1-3-5-12/h1-7,10H,8-9,11,17H2. The molecule has 0 fully saturated rings. The number of nitrogens with two attached hydrogens (primary N) is 1. The average molecular weight is 252 g/mol. The number of rotatable bonds is 1. The highest BCUT2D eigenvalue weighted by atomic mass is 16.2. The Labute approximate surface area is 112 Å². The molecule has 0 radical (unpaired) electrons. The molecule has 0 atom stereocenters. The molecule has 96 valence electrons. The third-order valence-electron chi connectivity index (χ3n) is 3.55. The molecule has 2 aromatic rings. The van der Waals surface area contributed by atoms with Crippen LogP contribution in [0.1, 0.15) is 21.5 Å². The third kappa shape index (κ3) is 2.32. The Bertz CT molecular complexity index is 607. The molecule has 1 aliphatic heterocycles. The Balaban J connectivity index is 1.82. The molecule has 0 saturated carbocycles. The van der Waals surface area contributed by atoms with Crippen LogP contribution in [-0.2, 0) is 13.0 Å². The second kappa shape index (κ2) is 4.76. The van der Waals surface area contributed by atoms with Crippen molar-refractivity contribution >= 4 is 11.6 Å². The highest BCUT2D eigenvalue weighted by Crippen LogP contribution is 2.22. The monoisotopic (exact) mass is 252 g/mol. The first kappa shape index (κ1) is 11.8. The molecular weight excluding hydrogens is 236 g/mol. The number of carbonyl (C=O) groups is 1. The van der Waals surface area contributed by atoms with Gasteiger partial charge in [0.1, 0.15) is 0 Å². The fourth-order valence-electron chi connectivity index (χ4n) is 2.51. The van der Waals surface area contributed by atoms with E-state index in [1.807, 2.05) is 53.4 Å². The maximum absolute atomic E-state index is 12.4. The van der Waals surface area contributed by atoms with Crippen LogP contribution in [0.4, 0.5) is 5.69 Å². The number of fused-ring (bicyclic) bond motifs is 1. The summed E-state index contributed by atoms with van der Waals surface area (Å²) in [5.41, 5.74) is 9.79. The van der Waals surface area contributed by atoms with Gasteiger partial charge in [-0.15, -0.1) is 0 Å². The molecular formula is C16H16N2O. The quantitative estimate of drug-likeness (QED) is 0.792. The zero-order chi connectivity index (χ0) is 13.2. The van der Waals surface area contributed by atoms with Crippen LogP contribution in [0.5, 0.6) is 0 Å². The van der Waals surface area contributed by atoms with Crippen molar-refractivity contribution in [2.24, 2.45) is 0 Å². The average Bonchev–Trinajstić information content (AvgIpc) is 2.47. The molecule has 3 nitrogen and oxygen atoms in total. The lowest BCUT2D eigenvalue weighted by Crippen LogP contribution is -2.35. The van der Waals surface area contributed by atoms with Gasteiger partial charge in [0.05, 0.1) is 0 Å². The van der Waals surface area contributed by atoms with Gasteiger partial charge in [-0.3, -0.25) is 4.79 Å². The lowest BCUT2D eigenvalue weighted by Gasteiger charge is -2.29. The lowest BCUT2D eigenvalue weighted by molar-refractivity contribution is 0.0735. The molecule has 0 bridgehead atoms. The van der Waals surface area contributed by atoms with Crippen LogP contribution >= 0.6 is 0 Å². The SMILES string of the molecule is Nc1ccc2c(c1)CCN(C(=O)c1ccccc1)C2. The summed E-state index contributed by atoms with van der Waals surface area (Å²) in [6.45, 7) is 1.42. The number of nitrogen functional groups attached to an aromatic ring is 1. The Kier molecular flexibility index (Phi) is 2.95. The van der Waals surface area contributed by atoms with Gasteiger partial charge in [0.15, 0.2) is 0 Å². The van der Waals surface area contributed by atoms with Crippen molar-refractivity contribution < 1.29 is 4.79 Å². The van der Waals surface area contributed by atoms with Crippen molar-refractivity contribution in [1.29, 1.82) is 0 Å². The van der Waals surface area contributed by atoms with Crippen LogP contribution in [0.25, 0.3) is 0 Å². The van der Waals surface area contributed by atoms with E-state index in [-0.39, 0.29) is 5.91 Å². The van der Waals surface area contributed by atoms with Gasteiger partial charge in [0.2, 0.25) is 0 Å². The third-order valence-corrected chi connectivity index (χ3v) is 3.55. The molecule has 2 aromatic carbocycles. The van der Waals surface area contributed by atoms with E-state index in [4.69, 9.17) is 5.73 Å². The van der Waals surface area contributed by atoms with E-state index in [9.17, 15) is 4.79 Å². The van der Waals surface area contributed by atoms with E-state index in [0.29, 0.717) is 6.54 Å². The van der Waals surface area contributed by atoms with Gasteiger partial charge in [-0.2, -0.15) is 0 Å². The Morgan fingerprint density at radius 2 is 1.84 bits per heavy atom. The van der Waals surface area contributed by atoms with Crippen molar-refractivity contribution in [3.05, 3.63) is 65.2 Å². The van der Waals surface area contributed by atoms with Crippen molar-refractivity contribution in [3.63, 3.8) is 0 Å². The summed E-state index contributed by atoms with van der Waals surface area (Å²) in [7, 11) is 0. The van der Waals surface area contributed by atoms with Gasteiger partial charge < -0.3 is 10.6 Å². The van der Waals surface area contributed by atoms with Gasteiger partial charge in [-0.05, 0) is 41.8 Å². The lowest BCUT2D eigenvalue weighted by atomic mass is 9.98. The Morgan fingerprint density at radius 1 is 1.05 bits per heavy atom. The Morgan fingerprint density at radius 3 is 2.63 bits per heavy atom. The summed E-state index contributed by atoms with van der Waals surface area (Å²) in [5, 5.41) is 0. The van der Waals surface area contributed by atoms with Gasteiger partial charge >= 0.3 is 0 Å². The smallest absolute Gasteiger partial charge is 0.254 e. The predicted octanol–water partition coefficient (Wildman–Crippen LogP) is 2.47. The van der Waals surface area contributed by atoms with Crippen LogP contribution in [0.3, 0.4) is 0 Å². The van der Waals surface area contributed by atoms with E-state index in [2.05, 4.69) is 0 Å². The van der Waals surface area contributed by atoms with Crippen LogP contribution in [0, 0.1) is 0 Å². The fourth-order valence-corrected chi connectivity index (χ4v) is 2.51. The zero-order valence-corrected chi connectivity index (χ0v) is 10.7. The van der Waals surface area contributed by atoms with E-state index in [0.717, 1.165) is 24.2 Å². The molecule has 0 saturated heterocycles. The number of anilines is 1. The fraction of sp³-hybridized carbons (Fsp3) is 0.188. The summed E-state index contributed by atoms with van der Waals surface area (Å²) in [4.78, 5) is 14.3. The van der Waals surface area contributed by atoms with Crippen LogP contribution in [0.2, 0.25) is 0 Å². The maximum Gasteiger partial charge on any atom is 0.254 e. The number of amides is 1. The van der Waals surface area contributed by atoms with Crippen LogP contribution in [0.15, 0.2) is 48.5 Å². The van der Waals surface area contributed by atoms with Crippen molar-refractivity contribution in [1.82, 2.24) is 4.90 Å². The second-order valence-electron chi connectivity index (χ2n) is 4.87. The van der Waals surface area contributed by atoms with E-state index < -0.39 is 0 Å². The van der Waals surface area contributed by atoms with E-state index in [1.54, 1.807) is 0 Å². The van der Waals surface area contributed by atoms with Gasteiger partial charge in [-0.1, -0.05) is 24.3 Å². The molecule has 1 heterocycles. The maximum atomic E-state index is 12.4. The predicted molar refractivity (Wildman–Crippen MR) is 75.7 cm³/mol. The summed E-state index contributed by atoms with van der Waals surface area (Å²) >= 11 is 0. The minimum Gasteiger partial charge on any atom is -0.399 e.